The van der Waals surface area contributed by atoms with Gasteiger partial charge >= 0.3 is 0 Å². The lowest BCUT2D eigenvalue weighted by molar-refractivity contribution is 0.557. The van der Waals surface area contributed by atoms with Crippen LogP contribution in [0.1, 0.15) is 37.6 Å². The average Bonchev–Trinajstić information content (AvgIpc) is 2.92. The Kier molecular flexibility index (Phi) is 3.10. The van der Waals surface area contributed by atoms with E-state index in [1.54, 1.807) is 4.63 Å². The monoisotopic (exact) mass is 302 g/mol. The van der Waals surface area contributed by atoms with Crippen LogP contribution in [0.2, 0.25) is 5.02 Å². The van der Waals surface area contributed by atoms with Gasteiger partial charge in [0.05, 0.1) is 5.69 Å². The summed E-state index contributed by atoms with van der Waals surface area (Å²) in [5.74, 6) is 0.781. The first-order valence-corrected chi connectivity index (χ1v) is 7.38. The summed E-state index contributed by atoms with van der Waals surface area (Å²) in [6.45, 7) is 10.5. The van der Waals surface area contributed by atoms with Gasteiger partial charge in [0.1, 0.15) is 5.02 Å². The van der Waals surface area contributed by atoms with Crippen LogP contribution in [0, 0.1) is 13.8 Å². The van der Waals surface area contributed by atoms with Crippen LogP contribution in [-0.4, -0.2) is 19.8 Å². The molecule has 0 aliphatic heterocycles. The second kappa shape index (κ2) is 4.60. The molecule has 0 aliphatic carbocycles. The lowest BCUT2D eigenvalue weighted by Gasteiger charge is -2.14. The minimum atomic E-state index is -0.105. The fraction of sp³-hybridized carbons (Fsp3) is 0.375. The van der Waals surface area contributed by atoms with Gasteiger partial charge in [0, 0.05) is 11.0 Å². The predicted molar refractivity (Wildman–Crippen MR) is 86.0 cm³/mol. The number of nitrogens with one attached hydrogen (secondary N) is 1. The van der Waals surface area contributed by atoms with Crippen LogP contribution >= 0.6 is 11.6 Å². The number of rotatable bonds is 1. The second-order valence-electron chi connectivity index (χ2n) is 6.52. The molecule has 0 saturated heterocycles. The van der Waals surface area contributed by atoms with Crippen molar-refractivity contribution < 1.29 is 0 Å². The molecule has 0 saturated carbocycles. The smallest absolute Gasteiger partial charge is 0.175 e. The van der Waals surface area contributed by atoms with E-state index in [2.05, 4.69) is 68.0 Å². The van der Waals surface area contributed by atoms with Gasteiger partial charge in [-0.1, -0.05) is 44.5 Å². The summed E-state index contributed by atoms with van der Waals surface area (Å²) < 4.78 is 1.59. The van der Waals surface area contributed by atoms with Gasteiger partial charge in [-0.2, -0.15) is 5.10 Å². The lowest BCUT2D eigenvalue weighted by atomic mass is 9.92. The van der Waals surface area contributed by atoms with Crippen LogP contribution in [0.15, 0.2) is 18.2 Å². The molecule has 0 aliphatic rings. The summed E-state index contributed by atoms with van der Waals surface area (Å²) in [5, 5.41) is 9.67. The van der Waals surface area contributed by atoms with Crippen LogP contribution in [0.3, 0.4) is 0 Å². The molecule has 0 atom stereocenters. The summed E-state index contributed by atoms with van der Waals surface area (Å²) in [7, 11) is 0. The van der Waals surface area contributed by atoms with Crippen molar-refractivity contribution in [3.8, 4) is 11.4 Å². The number of H-pyrrole nitrogens is 1. The molecular weight excluding hydrogens is 284 g/mol. The number of benzene rings is 1. The van der Waals surface area contributed by atoms with Gasteiger partial charge in [-0.25, -0.2) is 0 Å². The third kappa shape index (κ3) is 2.33. The fourth-order valence-electron chi connectivity index (χ4n) is 2.30. The molecule has 3 aromatic rings. The zero-order valence-electron chi connectivity index (χ0n) is 13.0. The topological polar surface area (TPSA) is 46.0 Å². The summed E-state index contributed by atoms with van der Waals surface area (Å²) in [6.07, 6.45) is 0. The van der Waals surface area contributed by atoms with E-state index >= 15 is 0 Å². The van der Waals surface area contributed by atoms with E-state index in [0.717, 1.165) is 22.7 Å². The van der Waals surface area contributed by atoms with Crippen LogP contribution in [-0.2, 0) is 5.41 Å². The van der Waals surface area contributed by atoms with Gasteiger partial charge in [-0.15, -0.1) is 9.73 Å². The number of aromatic nitrogens is 4. The number of aromatic amines is 1. The summed E-state index contributed by atoms with van der Waals surface area (Å²) in [6, 6.07) is 6.27. The van der Waals surface area contributed by atoms with Crippen LogP contribution < -0.4 is 0 Å². The lowest BCUT2D eigenvalue weighted by Crippen LogP contribution is -2.12. The van der Waals surface area contributed by atoms with E-state index in [9.17, 15) is 0 Å². The Labute approximate surface area is 129 Å². The molecule has 21 heavy (non-hydrogen) atoms. The van der Waals surface area contributed by atoms with Gasteiger partial charge < -0.3 is 4.98 Å². The standard InChI is InChI=1S/C16H19ClN4/c1-9-6-7-11(8-10(9)2)14-18-15-12(17)13(16(3,4)5)19-21(15)20-14/h6-8H,1-5H3,(H,18,20). The number of nitrogens with zero attached hydrogens (tertiary/aromatic N) is 3. The fourth-order valence-corrected chi connectivity index (χ4v) is 2.74. The van der Waals surface area contributed by atoms with E-state index < -0.39 is 0 Å². The molecule has 4 nitrogen and oxygen atoms in total. The Morgan fingerprint density at radius 1 is 1.10 bits per heavy atom. The van der Waals surface area contributed by atoms with E-state index in [-0.39, 0.29) is 5.41 Å². The molecule has 3 rings (SSSR count). The highest BCUT2D eigenvalue weighted by atomic mass is 35.5. The number of hydrogen-bond donors (Lipinski definition) is 1. The Balaban J connectivity index is 2.12. The molecule has 5 heteroatoms. The van der Waals surface area contributed by atoms with Crippen LogP contribution in [0.5, 0.6) is 0 Å². The van der Waals surface area contributed by atoms with Crippen molar-refractivity contribution in [1.29, 1.82) is 0 Å². The zero-order valence-corrected chi connectivity index (χ0v) is 13.7. The highest BCUT2D eigenvalue weighted by molar-refractivity contribution is 6.34. The Morgan fingerprint density at radius 3 is 2.38 bits per heavy atom. The zero-order chi connectivity index (χ0) is 15.4. The summed E-state index contributed by atoms with van der Waals surface area (Å²) in [5.41, 5.74) is 5.04. The van der Waals surface area contributed by atoms with Crippen molar-refractivity contribution in [3.05, 3.63) is 40.0 Å². The third-order valence-electron chi connectivity index (χ3n) is 3.73. The van der Waals surface area contributed by atoms with Gasteiger partial charge in [0.15, 0.2) is 11.5 Å². The molecule has 1 N–H and O–H groups in total. The quantitative estimate of drug-likeness (QED) is 0.729. The molecule has 0 bridgehead atoms. The predicted octanol–water partition coefficient (Wildman–Crippen LogP) is 4.29. The maximum absolute atomic E-state index is 6.44. The van der Waals surface area contributed by atoms with E-state index in [1.165, 1.54) is 11.1 Å². The van der Waals surface area contributed by atoms with E-state index in [1.807, 2.05) is 0 Å². The summed E-state index contributed by atoms with van der Waals surface area (Å²) in [4.78, 5) is 3.28. The van der Waals surface area contributed by atoms with Crippen molar-refractivity contribution in [2.75, 3.05) is 0 Å². The number of hydrogen-bond acceptors (Lipinski definition) is 2. The summed E-state index contributed by atoms with van der Waals surface area (Å²) >= 11 is 6.44. The first kappa shape index (κ1) is 14.1. The highest BCUT2D eigenvalue weighted by Crippen LogP contribution is 2.31. The largest absolute Gasteiger partial charge is 0.320 e. The minimum absolute atomic E-state index is 0.105. The average molecular weight is 303 g/mol. The molecule has 1 aromatic carbocycles. The maximum atomic E-state index is 6.44. The maximum Gasteiger partial charge on any atom is 0.175 e. The normalized spacial score (nSPS) is 12.3. The third-order valence-corrected chi connectivity index (χ3v) is 4.09. The van der Waals surface area contributed by atoms with Crippen molar-refractivity contribution in [1.82, 2.24) is 19.8 Å². The van der Waals surface area contributed by atoms with Gasteiger partial charge in [0.25, 0.3) is 0 Å². The van der Waals surface area contributed by atoms with Crippen molar-refractivity contribution in [2.45, 2.75) is 40.0 Å². The SMILES string of the molecule is Cc1ccc(-c2nn3nc(C(C)(C)C)c(Cl)c3[nH]2)cc1C. The number of aryl methyl sites for hydroxylation is 2. The molecule has 0 amide bonds. The Hall–Kier alpha value is -1.81. The molecule has 2 aromatic heterocycles. The molecule has 110 valence electrons. The van der Waals surface area contributed by atoms with Crippen LogP contribution in [0.25, 0.3) is 17.0 Å². The van der Waals surface area contributed by atoms with Crippen molar-refractivity contribution in [2.24, 2.45) is 0 Å². The van der Waals surface area contributed by atoms with Gasteiger partial charge in [-0.05, 0) is 31.0 Å². The minimum Gasteiger partial charge on any atom is -0.320 e. The molecule has 0 radical (unpaired) electrons. The van der Waals surface area contributed by atoms with Crippen molar-refractivity contribution >= 4 is 17.2 Å². The van der Waals surface area contributed by atoms with Crippen molar-refractivity contribution in [3.63, 3.8) is 0 Å². The molecule has 2 heterocycles. The van der Waals surface area contributed by atoms with E-state index in [4.69, 9.17) is 11.6 Å². The Bertz CT molecular complexity index is 821. The second-order valence-corrected chi connectivity index (χ2v) is 6.90. The molecule has 0 fully saturated rings. The first-order valence-electron chi connectivity index (χ1n) is 7.00. The Morgan fingerprint density at radius 2 is 1.81 bits per heavy atom. The number of halogens is 1. The molecular formula is C16H19ClN4. The van der Waals surface area contributed by atoms with Gasteiger partial charge in [0.2, 0.25) is 0 Å². The van der Waals surface area contributed by atoms with Gasteiger partial charge in [-0.3, -0.25) is 0 Å². The highest BCUT2D eigenvalue weighted by Gasteiger charge is 2.25. The first-order chi connectivity index (χ1) is 9.77. The molecule has 0 spiro atoms. The number of fused-ring (bicyclic) bond motifs is 1. The molecule has 0 unspecified atom stereocenters. The van der Waals surface area contributed by atoms with Crippen LogP contribution in [0.4, 0.5) is 0 Å². The van der Waals surface area contributed by atoms with E-state index in [0.29, 0.717) is 5.02 Å².